The van der Waals surface area contributed by atoms with Gasteiger partial charge in [-0.1, -0.05) is 146 Å². The van der Waals surface area contributed by atoms with Crippen molar-refractivity contribution in [2.24, 2.45) is 0 Å². The number of rotatable bonds is 6. The number of furan rings is 2. The van der Waals surface area contributed by atoms with Crippen LogP contribution in [0.3, 0.4) is 0 Å². The summed E-state index contributed by atoms with van der Waals surface area (Å²) < 4.78 is 13.3. The van der Waals surface area contributed by atoms with Crippen LogP contribution in [0.1, 0.15) is 12.8 Å². The van der Waals surface area contributed by atoms with Gasteiger partial charge in [0.2, 0.25) is 0 Å². The molecule has 258 valence electrons. The fourth-order valence-electron chi connectivity index (χ4n) is 8.45. The monoisotopic (exact) mass is 703 g/mol. The lowest BCUT2D eigenvalue weighted by Gasteiger charge is -2.30. The van der Waals surface area contributed by atoms with Gasteiger partial charge >= 0.3 is 0 Å². The molecule has 1 aliphatic carbocycles. The summed E-state index contributed by atoms with van der Waals surface area (Å²) in [5, 5.41) is 6.89. The van der Waals surface area contributed by atoms with Gasteiger partial charge in [0.15, 0.2) is 11.0 Å². The van der Waals surface area contributed by atoms with E-state index in [-0.39, 0.29) is 0 Å². The van der Waals surface area contributed by atoms with Crippen LogP contribution in [0.15, 0.2) is 179 Å². The van der Waals surface area contributed by atoms with Crippen LogP contribution in [0, 0.1) is 12.1 Å². The van der Waals surface area contributed by atoms with Crippen molar-refractivity contribution in [1.82, 2.24) is 0 Å². The second-order valence-electron chi connectivity index (χ2n) is 14.2. The Bertz CT molecular complexity index is 3210. The Balaban J connectivity index is 1.09. The standard InChI is InChI=1S/C52H33NO2/c1-2-17-39-35(13-1)14-10-21-40(39)37-16-9-15-36(33-37)34-29-31-38(32-30-34)53(48-26-12-24-46-43-20-5-8-28-50(43)55-52(46)48)47-25-6-3-18-41(47)44-22-11-23-45-42-19-4-7-27-49(42)54-51(44)45/h1-10,13-21,23-25,27-33H,12,26H2. The van der Waals surface area contributed by atoms with Crippen molar-refractivity contribution in [3.63, 3.8) is 0 Å². The third kappa shape index (κ3) is 5.15. The van der Waals surface area contributed by atoms with Crippen molar-refractivity contribution < 1.29 is 8.83 Å². The highest BCUT2D eigenvalue weighted by molar-refractivity contribution is 6.10. The first-order valence-electron chi connectivity index (χ1n) is 18.8. The quantitative estimate of drug-likeness (QED) is 0.173. The third-order valence-electron chi connectivity index (χ3n) is 11.0. The molecule has 0 fully saturated rings. The smallest absolute Gasteiger partial charge is 0.154 e. The van der Waals surface area contributed by atoms with E-state index in [1.165, 1.54) is 27.5 Å². The van der Waals surface area contributed by atoms with Gasteiger partial charge < -0.3 is 13.7 Å². The highest BCUT2D eigenvalue weighted by Gasteiger charge is 2.25. The molecular formula is C52H33NO2. The number of fused-ring (bicyclic) bond motifs is 7. The summed E-state index contributed by atoms with van der Waals surface area (Å²) in [5.41, 5.74) is 13.3. The minimum atomic E-state index is 0.806. The highest BCUT2D eigenvalue weighted by atomic mass is 16.3. The second-order valence-corrected chi connectivity index (χ2v) is 14.2. The summed E-state index contributed by atoms with van der Waals surface area (Å²) in [7, 11) is 0. The lowest BCUT2D eigenvalue weighted by Crippen LogP contribution is -2.33. The first-order chi connectivity index (χ1) is 27.3. The number of hydrogen-bond acceptors (Lipinski definition) is 3. The van der Waals surface area contributed by atoms with Gasteiger partial charge in [-0.15, -0.1) is 0 Å². The van der Waals surface area contributed by atoms with E-state index in [0.717, 1.165) is 90.1 Å². The van der Waals surface area contributed by atoms with Crippen molar-refractivity contribution in [1.29, 1.82) is 0 Å². The first kappa shape index (κ1) is 31.3. The van der Waals surface area contributed by atoms with Gasteiger partial charge in [-0.25, -0.2) is 0 Å². The second kappa shape index (κ2) is 12.7. The third-order valence-corrected chi connectivity index (χ3v) is 11.0. The molecule has 0 spiro atoms. The lowest BCUT2D eigenvalue weighted by molar-refractivity contribution is 0.566. The number of para-hydroxylation sites is 3. The van der Waals surface area contributed by atoms with Gasteiger partial charge in [0.05, 0.1) is 16.9 Å². The maximum Gasteiger partial charge on any atom is 0.154 e. The van der Waals surface area contributed by atoms with Crippen LogP contribution < -0.4 is 15.5 Å². The Labute approximate surface area is 318 Å². The molecule has 10 aromatic rings. The Morgan fingerprint density at radius 3 is 2.11 bits per heavy atom. The lowest BCUT2D eigenvalue weighted by atomic mass is 9.95. The molecule has 0 bridgehead atoms. The zero-order chi connectivity index (χ0) is 36.3. The summed E-state index contributed by atoms with van der Waals surface area (Å²) in [6, 6.07) is 66.8. The number of anilines is 2. The van der Waals surface area contributed by atoms with Gasteiger partial charge in [-0.3, -0.25) is 0 Å². The first-order valence-corrected chi connectivity index (χ1v) is 18.8. The van der Waals surface area contributed by atoms with E-state index in [0.29, 0.717) is 0 Å². The molecule has 0 unspecified atom stereocenters. The predicted molar refractivity (Wildman–Crippen MR) is 226 cm³/mol. The van der Waals surface area contributed by atoms with Crippen LogP contribution in [0.4, 0.5) is 11.4 Å². The van der Waals surface area contributed by atoms with E-state index in [1.807, 2.05) is 24.3 Å². The van der Waals surface area contributed by atoms with Crippen molar-refractivity contribution in [2.75, 3.05) is 4.90 Å². The van der Waals surface area contributed by atoms with E-state index in [9.17, 15) is 0 Å². The van der Waals surface area contributed by atoms with Crippen LogP contribution in [0.25, 0.3) is 88.8 Å². The molecule has 0 saturated heterocycles. The summed E-state index contributed by atoms with van der Waals surface area (Å²) in [5.74, 6) is 0. The average molecular weight is 704 g/mol. The number of nitrogens with zero attached hydrogens (tertiary/aromatic N) is 1. The van der Waals surface area contributed by atoms with Gasteiger partial charge in [-0.05, 0) is 82.3 Å². The Kier molecular flexibility index (Phi) is 7.21. The van der Waals surface area contributed by atoms with Crippen molar-refractivity contribution >= 4 is 66.8 Å². The fraction of sp³-hybridized carbons (Fsp3) is 0.0385. The van der Waals surface area contributed by atoms with Crippen LogP contribution in [-0.2, 0) is 0 Å². The molecule has 55 heavy (non-hydrogen) atoms. The molecule has 2 heterocycles. The van der Waals surface area contributed by atoms with Gasteiger partial charge in [0.25, 0.3) is 0 Å². The summed E-state index contributed by atoms with van der Waals surface area (Å²) in [6.07, 6.45) is 4.04. The van der Waals surface area contributed by atoms with Crippen LogP contribution in [0.2, 0.25) is 0 Å². The normalized spacial score (nSPS) is 12.5. The molecule has 8 aromatic carbocycles. The van der Waals surface area contributed by atoms with Gasteiger partial charge in [0.1, 0.15) is 11.2 Å². The minimum Gasteiger partial charge on any atom is -0.455 e. The molecule has 11 rings (SSSR count). The molecule has 0 N–H and O–H groups in total. The summed E-state index contributed by atoms with van der Waals surface area (Å²) in [4.78, 5) is 2.38. The topological polar surface area (TPSA) is 29.5 Å². The maximum atomic E-state index is 6.72. The SMILES string of the molecule is c1cc2c(oc3ccccc32)c(-c2ccccc2N(C2=c3oc4ccccc4c3=CCC2)c2ccc(-c3cccc(-c4cccc5ccccc45)c3)cc2)c#1. The van der Waals surface area contributed by atoms with Crippen LogP contribution in [0.5, 0.6) is 0 Å². The zero-order valence-electron chi connectivity index (χ0n) is 29.9. The van der Waals surface area contributed by atoms with Crippen molar-refractivity contribution in [3.8, 4) is 33.4 Å². The maximum absolute atomic E-state index is 6.72. The van der Waals surface area contributed by atoms with Crippen LogP contribution >= 0.6 is 0 Å². The Morgan fingerprint density at radius 1 is 0.527 bits per heavy atom. The molecule has 1 aliphatic rings. The predicted octanol–water partition coefficient (Wildman–Crippen LogP) is 12.6. The summed E-state index contributed by atoms with van der Waals surface area (Å²) in [6.45, 7) is 0. The van der Waals surface area contributed by atoms with E-state index < -0.39 is 0 Å². The van der Waals surface area contributed by atoms with Gasteiger partial charge in [0, 0.05) is 38.7 Å². The van der Waals surface area contributed by atoms with Gasteiger partial charge in [-0.2, -0.15) is 0 Å². The summed E-state index contributed by atoms with van der Waals surface area (Å²) >= 11 is 0. The van der Waals surface area contributed by atoms with Crippen molar-refractivity contribution in [3.05, 3.63) is 193 Å². The van der Waals surface area contributed by atoms with E-state index in [4.69, 9.17) is 8.83 Å². The average Bonchev–Trinajstić information content (AvgIpc) is 3.83. The molecule has 3 nitrogen and oxygen atoms in total. The minimum absolute atomic E-state index is 0.806. The number of benzene rings is 7. The Hall–Kier alpha value is -7.28. The molecular weight excluding hydrogens is 671 g/mol. The van der Waals surface area contributed by atoms with Crippen LogP contribution in [-0.4, -0.2) is 0 Å². The molecule has 0 radical (unpaired) electrons. The van der Waals surface area contributed by atoms with Crippen molar-refractivity contribution in [2.45, 2.75) is 12.8 Å². The Morgan fingerprint density at radius 2 is 1.22 bits per heavy atom. The fourth-order valence-corrected chi connectivity index (χ4v) is 8.45. The van der Waals surface area contributed by atoms with E-state index >= 15 is 0 Å². The highest BCUT2D eigenvalue weighted by Crippen LogP contribution is 2.43. The van der Waals surface area contributed by atoms with E-state index in [1.54, 1.807) is 0 Å². The zero-order valence-corrected chi connectivity index (χ0v) is 29.9. The molecule has 2 aromatic heterocycles. The molecule has 3 heteroatoms. The molecule has 0 atom stereocenters. The molecule has 0 saturated carbocycles. The molecule has 0 amide bonds. The number of hydrogen-bond donors (Lipinski definition) is 0. The molecule has 0 aliphatic heterocycles. The largest absolute Gasteiger partial charge is 0.455 e. The van der Waals surface area contributed by atoms with E-state index in [2.05, 4.69) is 169 Å².